The van der Waals surface area contributed by atoms with Crippen LogP contribution in [0, 0.1) is 12.8 Å². The lowest BCUT2D eigenvalue weighted by molar-refractivity contribution is 0.229. The first-order chi connectivity index (χ1) is 7.28. The highest BCUT2D eigenvalue weighted by Crippen LogP contribution is 2.26. The topological polar surface area (TPSA) is 58.0 Å². The first-order valence-electron chi connectivity index (χ1n) is 5.45. The number of aliphatic hydroxyl groups excluding tert-OH is 1. The Hall–Kier alpha value is -1.16. The summed E-state index contributed by atoms with van der Waals surface area (Å²) in [7, 11) is 0. The van der Waals surface area contributed by atoms with Gasteiger partial charge in [-0.15, -0.1) is 0 Å². The molecule has 1 aliphatic carbocycles. The van der Waals surface area contributed by atoms with E-state index in [1.807, 2.05) is 13.0 Å². The van der Waals surface area contributed by atoms with Crippen molar-refractivity contribution >= 4 is 5.82 Å². The van der Waals surface area contributed by atoms with Crippen molar-refractivity contribution < 1.29 is 5.11 Å². The third kappa shape index (κ3) is 2.65. The van der Waals surface area contributed by atoms with Gasteiger partial charge in [0.2, 0.25) is 0 Å². The standard InChI is InChI=1S/C11H17N3O/c1-8-12-5-4-11(13-8)14-10-3-2-9(6-10)7-15/h4-5,9-10,15H,2-3,6-7H2,1H3,(H,12,13,14). The minimum atomic E-state index is 0.307. The molecule has 0 bridgehead atoms. The van der Waals surface area contributed by atoms with Crippen LogP contribution in [0.5, 0.6) is 0 Å². The Morgan fingerprint density at radius 2 is 2.40 bits per heavy atom. The van der Waals surface area contributed by atoms with Crippen molar-refractivity contribution in [2.75, 3.05) is 11.9 Å². The number of aromatic nitrogens is 2. The van der Waals surface area contributed by atoms with Gasteiger partial charge in [0, 0.05) is 18.8 Å². The van der Waals surface area contributed by atoms with Crippen LogP contribution in [0.1, 0.15) is 25.1 Å². The van der Waals surface area contributed by atoms with Crippen LogP contribution in [0.3, 0.4) is 0 Å². The summed E-state index contributed by atoms with van der Waals surface area (Å²) in [6.45, 7) is 2.19. The molecule has 2 unspecified atom stereocenters. The molecule has 1 aromatic heterocycles. The number of aliphatic hydroxyl groups is 1. The van der Waals surface area contributed by atoms with E-state index in [1.165, 1.54) is 0 Å². The molecule has 1 aromatic rings. The Bertz CT molecular complexity index is 329. The maximum atomic E-state index is 9.04. The Morgan fingerprint density at radius 3 is 3.07 bits per heavy atom. The monoisotopic (exact) mass is 207 g/mol. The molecule has 1 fully saturated rings. The average molecular weight is 207 g/mol. The lowest BCUT2D eigenvalue weighted by atomic mass is 10.1. The molecule has 4 nitrogen and oxygen atoms in total. The average Bonchev–Trinajstić information content (AvgIpc) is 2.65. The summed E-state index contributed by atoms with van der Waals surface area (Å²) < 4.78 is 0. The minimum absolute atomic E-state index is 0.307. The van der Waals surface area contributed by atoms with Gasteiger partial charge in [-0.2, -0.15) is 0 Å². The zero-order valence-corrected chi connectivity index (χ0v) is 8.98. The van der Waals surface area contributed by atoms with E-state index in [1.54, 1.807) is 6.20 Å². The van der Waals surface area contributed by atoms with Crippen LogP contribution in [0.2, 0.25) is 0 Å². The maximum Gasteiger partial charge on any atom is 0.129 e. The van der Waals surface area contributed by atoms with Crippen LogP contribution in [-0.2, 0) is 0 Å². The Labute approximate surface area is 89.8 Å². The summed E-state index contributed by atoms with van der Waals surface area (Å²) in [6.07, 6.45) is 5.04. The number of nitrogens with one attached hydrogen (secondary N) is 1. The van der Waals surface area contributed by atoms with E-state index in [2.05, 4.69) is 15.3 Å². The highest BCUT2D eigenvalue weighted by Gasteiger charge is 2.23. The Morgan fingerprint density at radius 1 is 1.53 bits per heavy atom. The second kappa shape index (κ2) is 4.57. The van der Waals surface area contributed by atoms with E-state index in [0.717, 1.165) is 30.9 Å². The summed E-state index contributed by atoms with van der Waals surface area (Å²) in [5.41, 5.74) is 0. The fourth-order valence-corrected chi connectivity index (χ4v) is 2.12. The van der Waals surface area contributed by atoms with Crippen molar-refractivity contribution in [3.63, 3.8) is 0 Å². The van der Waals surface area contributed by atoms with E-state index >= 15 is 0 Å². The van der Waals surface area contributed by atoms with Crippen LogP contribution in [0.15, 0.2) is 12.3 Å². The largest absolute Gasteiger partial charge is 0.396 e. The number of hydrogen-bond donors (Lipinski definition) is 2. The summed E-state index contributed by atoms with van der Waals surface area (Å²) in [6, 6.07) is 2.34. The van der Waals surface area contributed by atoms with Crippen molar-refractivity contribution in [1.82, 2.24) is 9.97 Å². The number of aryl methyl sites for hydroxylation is 1. The van der Waals surface area contributed by atoms with Gasteiger partial charge in [-0.3, -0.25) is 0 Å². The van der Waals surface area contributed by atoms with Gasteiger partial charge < -0.3 is 10.4 Å². The smallest absolute Gasteiger partial charge is 0.129 e. The van der Waals surface area contributed by atoms with E-state index < -0.39 is 0 Å². The van der Waals surface area contributed by atoms with E-state index in [-0.39, 0.29) is 0 Å². The number of nitrogens with zero attached hydrogens (tertiary/aromatic N) is 2. The molecule has 0 spiro atoms. The van der Waals surface area contributed by atoms with Crippen LogP contribution < -0.4 is 5.32 Å². The molecule has 2 N–H and O–H groups in total. The summed E-state index contributed by atoms with van der Waals surface area (Å²) in [4.78, 5) is 8.36. The van der Waals surface area contributed by atoms with Gasteiger partial charge >= 0.3 is 0 Å². The first-order valence-corrected chi connectivity index (χ1v) is 5.45. The molecule has 1 saturated carbocycles. The molecule has 2 atom stereocenters. The molecule has 1 heterocycles. The summed E-state index contributed by atoms with van der Waals surface area (Å²) in [5.74, 6) is 2.15. The zero-order valence-electron chi connectivity index (χ0n) is 8.98. The second-order valence-electron chi connectivity index (χ2n) is 4.19. The van der Waals surface area contributed by atoms with Gasteiger partial charge in [-0.1, -0.05) is 0 Å². The molecule has 82 valence electrons. The number of rotatable bonds is 3. The predicted molar refractivity (Wildman–Crippen MR) is 58.6 cm³/mol. The van der Waals surface area contributed by atoms with Crippen LogP contribution in [-0.4, -0.2) is 27.7 Å². The molecule has 4 heteroatoms. The third-order valence-electron chi connectivity index (χ3n) is 2.93. The molecule has 15 heavy (non-hydrogen) atoms. The fourth-order valence-electron chi connectivity index (χ4n) is 2.12. The normalized spacial score (nSPS) is 25.5. The fraction of sp³-hybridized carbons (Fsp3) is 0.636. The SMILES string of the molecule is Cc1nccc(NC2CCC(CO)C2)n1. The molecule has 0 amide bonds. The van der Waals surface area contributed by atoms with Gasteiger partial charge in [0.25, 0.3) is 0 Å². The van der Waals surface area contributed by atoms with Crippen LogP contribution in [0.4, 0.5) is 5.82 Å². The molecule has 0 saturated heterocycles. The lowest BCUT2D eigenvalue weighted by Gasteiger charge is -2.13. The highest BCUT2D eigenvalue weighted by molar-refractivity contribution is 5.34. The maximum absolute atomic E-state index is 9.04. The first kappa shape index (κ1) is 10.4. The number of hydrogen-bond acceptors (Lipinski definition) is 4. The van der Waals surface area contributed by atoms with Crippen molar-refractivity contribution in [2.24, 2.45) is 5.92 Å². The van der Waals surface area contributed by atoms with E-state index in [9.17, 15) is 0 Å². The lowest BCUT2D eigenvalue weighted by Crippen LogP contribution is -2.17. The zero-order chi connectivity index (χ0) is 10.7. The molecular formula is C11H17N3O. The summed E-state index contributed by atoms with van der Waals surface area (Å²) in [5, 5.41) is 12.4. The van der Waals surface area contributed by atoms with Crippen LogP contribution in [0.25, 0.3) is 0 Å². The van der Waals surface area contributed by atoms with Crippen molar-refractivity contribution in [3.8, 4) is 0 Å². The van der Waals surface area contributed by atoms with E-state index in [0.29, 0.717) is 18.6 Å². The highest BCUT2D eigenvalue weighted by atomic mass is 16.3. The van der Waals surface area contributed by atoms with E-state index in [4.69, 9.17) is 5.11 Å². The van der Waals surface area contributed by atoms with Gasteiger partial charge in [0.1, 0.15) is 11.6 Å². The van der Waals surface area contributed by atoms with Gasteiger partial charge in [-0.25, -0.2) is 9.97 Å². The predicted octanol–water partition coefficient (Wildman–Crippen LogP) is 1.36. The Kier molecular flexibility index (Phi) is 3.16. The van der Waals surface area contributed by atoms with Crippen molar-refractivity contribution in [3.05, 3.63) is 18.1 Å². The molecule has 0 aromatic carbocycles. The minimum Gasteiger partial charge on any atom is -0.396 e. The molecule has 0 radical (unpaired) electrons. The van der Waals surface area contributed by atoms with Gasteiger partial charge in [0.15, 0.2) is 0 Å². The molecule has 1 aliphatic rings. The third-order valence-corrected chi connectivity index (χ3v) is 2.93. The van der Waals surface area contributed by atoms with Crippen LogP contribution >= 0.6 is 0 Å². The van der Waals surface area contributed by atoms with Gasteiger partial charge in [-0.05, 0) is 38.2 Å². The second-order valence-corrected chi connectivity index (χ2v) is 4.19. The van der Waals surface area contributed by atoms with Crippen molar-refractivity contribution in [1.29, 1.82) is 0 Å². The van der Waals surface area contributed by atoms with Gasteiger partial charge in [0.05, 0.1) is 0 Å². The number of anilines is 1. The summed E-state index contributed by atoms with van der Waals surface area (Å²) >= 11 is 0. The Balaban J connectivity index is 1.92. The molecule has 2 rings (SSSR count). The van der Waals surface area contributed by atoms with Crippen molar-refractivity contribution in [2.45, 2.75) is 32.2 Å². The quantitative estimate of drug-likeness (QED) is 0.785. The molecular weight excluding hydrogens is 190 g/mol. The molecule has 0 aliphatic heterocycles.